The molecule has 0 amide bonds. The molecule has 0 N–H and O–H groups in total. The number of unbranched alkanes of at least 4 members (excludes halogenated alkanes) is 15. The van der Waals surface area contributed by atoms with E-state index in [1.165, 1.54) is 135 Å². The lowest BCUT2D eigenvalue weighted by Crippen LogP contribution is -3.00. The molecule has 342 valence electrons. The molecule has 0 saturated heterocycles. The highest BCUT2D eigenvalue weighted by atomic mass is 35.5. The van der Waals surface area contributed by atoms with Gasteiger partial charge in [-0.05, 0) is 19.3 Å². The molecule has 0 spiro atoms. The maximum absolute atomic E-state index is 10.7. The summed E-state index contributed by atoms with van der Waals surface area (Å²) < 4.78 is 125. The van der Waals surface area contributed by atoms with Gasteiger partial charge in [0.25, 0.3) is 0 Å². The predicted molar refractivity (Wildman–Crippen MR) is 212 cm³/mol. The minimum Gasteiger partial charge on any atom is -1.00 e. The number of hydrogen-bond donors (Lipinski definition) is 0. The summed E-state index contributed by atoms with van der Waals surface area (Å²) in [6, 6.07) is 18.8. The Hall–Kier alpha value is -2.86. The number of halogens is 7. The first kappa shape index (κ1) is 60.4. The minimum atomic E-state index is -6.09. The number of nitrogens with zero attached hydrogens (tertiary/aromatic N) is 3. The van der Waals surface area contributed by atoms with E-state index in [0.29, 0.717) is 0 Å². The predicted octanol–water partition coefficient (Wildman–Crippen LogP) is 7.11. The van der Waals surface area contributed by atoms with E-state index >= 15 is 0 Å². The number of aryl methyl sites for hydroxylation is 3. The largest absolute Gasteiger partial charge is 1.00 e. The van der Waals surface area contributed by atoms with Crippen LogP contribution in [0.4, 0.5) is 26.3 Å². The van der Waals surface area contributed by atoms with Crippen LogP contribution in [0.5, 0.6) is 0 Å². The van der Waals surface area contributed by atoms with Crippen LogP contribution in [-0.4, -0.2) is 37.0 Å². The van der Waals surface area contributed by atoms with Gasteiger partial charge >= 0.3 is 11.0 Å². The van der Waals surface area contributed by atoms with Gasteiger partial charge in [-0.15, -0.1) is 0 Å². The van der Waals surface area contributed by atoms with Crippen molar-refractivity contribution in [2.45, 2.75) is 167 Å². The van der Waals surface area contributed by atoms with E-state index in [-0.39, 0.29) is 12.4 Å². The second-order valence-electron chi connectivity index (χ2n) is 13.4. The van der Waals surface area contributed by atoms with Crippen molar-refractivity contribution in [3.63, 3.8) is 0 Å². The fourth-order valence-electron chi connectivity index (χ4n) is 4.97. The van der Waals surface area contributed by atoms with Crippen LogP contribution >= 0.6 is 0 Å². The molecule has 0 atom stereocenters. The smallest absolute Gasteiger partial charge is 0.485 e. The molecule has 0 saturated carbocycles. The first-order valence-corrected chi connectivity index (χ1v) is 23.0. The Balaban J connectivity index is -0.000000676. The van der Waals surface area contributed by atoms with E-state index in [9.17, 15) is 26.3 Å². The van der Waals surface area contributed by atoms with Crippen LogP contribution < -0.4 is 26.1 Å². The van der Waals surface area contributed by atoms with Crippen molar-refractivity contribution in [2.24, 2.45) is 0 Å². The second-order valence-corrected chi connectivity index (χ2v) is 16.2. The number of hydrogen-bond acceptors (Lipinski definition) is 6. The van der Waals surface area contributed by atoms with Gasteiger partial charge in [0, 0.05) is 55.7 Å². The monoisotopic (exact) mass is 909 g/mol. The van der Waals surface area contributed by atoms with Crippen molar-refractivity contribution in [1.29, 1.82) is 0 Å². The average molecular weight is 911 g/mol. The molecule has 0 bridgehead atoms. The maximum Gasteiger partial charge on any atom is 0.485 e. The Labute approximate surface area is 356 Å². The van der Waals surface area contributed by atoms with Crippen LogP contribution in [0.1, 0.15) is 136 Å². The van der Waals surface area contributed by atoms with E-state index in [1.807, 2.05) is 0 Å². The van der Waals surface area contributed by atoms with Crippen molar-refractivity contribution in [2.75, 3.05) is 0 Å². The van der Waals surface area contributed by atoms with Gasteiger partial charge in [0.05, 0.1) is 0 Å². The zero-order valence-corrected chi connectivity index (χ0v) is 37.2. The third-order valence-electron chi connectivity index (χ3n) is 8.21. The highest BCUT2D eigenvalue weighted by Crippen LogP contribution is 2.21. The van der Waals surface area contributed by atoms with Crippen LogP contribution in [0, 0.1) is 0 Å². The summed E-state index contributed by atoms with van der Waals surface area (Å²) in [6.45, 7) is 10.3. The summed E-state index contributed by atoms with van der Waals surface area (Å²) in [5, 5.41) is 0. The van der Waals surface area contributed by atoms with Crippen LogP contribution in [0.3, 0.4) is 0 Å². The molecule has 0 aromatic carbocycles. The third kappa shape index (κ3) is 39.1. The van der Waals surface area contributed by atoms with E-state index in [0.717, 1.165) is 0 Å². The molecule has 9 nitrogen and oxygen atoms in total. The molecule has 0 unspecified atom stereocenters. The first-order chi connectivity index (χ1) is 27.3. The van der Waals surface area contributed by atoms with Gasteiger partial charge in [-0.1, -0.05) is 116 Å². The average Bonchev–Trinajstić information content (AvgIpc) is 3.17. The maximum atomic E-state index is 10.7. The van der Waals surface area contributed by atoms with Gasteiger partial charge in [0.1, 0.15) is 19.6 Å². The van der Waals surface area contributed by atoms with Crippen LogP contribution in [0.25, 0.3) is 0 Å². The summed E-state index contributed by atoms with van der Waals surface area (Å²) in [6.07, 6.45) is 37.6. The summed E-state index contributed by atoms with van der Waals surface area (Å²) >= 11 is 0. The van der Waals surface area contributed by atoms with Gasteiger partial charge < -0.3 is 21.5 Å². The number of aromatic nitrogens is 3. The molecule has 0 aliphatic carbocycles. The number of alkyl halides is 6. The topological polar surface area (TPSA) is 126 Å². The highest BCUT2D eigenvalue weighted by molar-refractivity contribution is 7.86. The molecule has 3 rings (SSSR count). The van der Waals surface area contributed by atoms with Gasteiger partial charge in [-0.2, -0.15) is 26.3 Å². The molecule has 0 radical (unpaired) electrons. The quantitative estimate of drug-likeness (QED) is 0.0369. The Morgan fingerprint density at radius 2 is 0.542 bits per heavy atom. The minimum absolute atomic E-state index is 0. The molecular formula is C41H66ClF6N3O6S2. The van der Waals surface area contributed by atoms with E-state index in [2.05, 4.69) is 126 Å². The van der Waals surface area contributed by atoms with Crippen molar-refractivity contribution in [3.05, 3.63) is 91.8 Å². The first-order valence-electron chi connectivity index (χ1n) is 20.2. The van der Waals surface area contributed by atoms with E-state index in [4.69, 9.17) is 25.9 Å². The molecule has 3 aromatic rings. The third-order valence-corrected chi connectivity index (χ3v) is 9.34. The van der Waals surface area contributed by atoms with Gasteiger partial charge in [-0.3, -0.25) is 0 Å². The molecule has 0 fully saturated rings. The zero-order valence-electron chi connectivity index (χ0n) is 34.8. The van der Waals surface area contributed by atoms with Crippen molar-refractivity contribution >= 4 is 20.2 Å². The molecule has 3 heterocycles. The lowest BCUT2D eigenvalue weighted by molar-refractivity contribution is -0.697. The van der Waals surface area contributed by atoms with E-state index in [1.54, 1.807) is 0 Å². The van der Waals surface area contributed by atoms with Crippen LogP contribution in [0.15, 0.2) is 91.8 Å². The van der Waals surface area contributed by atoms with Crippen molar-refractivity contribution in [3.8, 4) is 0 Å². The molecule has 0 aliphatic rings. The standard InChI is InChI=1S/3C13H22N.2CHF3O3S.ClH/c3*1-2-3-4-5-6-8-11-14-12-9-7-10-13-14;2*2-1(3,4)8(5,6)7;/h3*7,9-10,12-13H,2-6,8,11H2,1H3;2*(H,5,6,7);1H/q3*+1;;;/p-3. The summed E-state index contributed by atoms with van der Waals surface area (Å²) in [5.74, 6) is 0. The fourth-order valence-corrected chi connectivity index (χ4v) is 4.97. The number of rotatable bonds is 21. The summed E-state index contributed by atoms with van der Waals surface area (Å²) in [4.78, 5) is 0. The lowest BCUT2D eigenvalue weighted by atomic mass is 10.1. The second kappa shape index (κ2) is 36.9. The number of pyridine rings is 3. The molecule has 0 aliphatic heterocycles. The normalized spacial score (nSPS) is 11.2. The van der Waals surface area contributed by atoms with Crippen molar-refractivity contribution < 1.29 is 78.4 Å². The van der Waals surface area contributed by atoms with Crippen LogP contribution in [0.2, 0.25) is 0 Å². The lowest BCUT2D eigenvalue weighted by Gasteiger charge is -2.08. The zero-order chi connectivity index (χ0) is 44.2. The fraction of sp³-hybridized carbons (Fsp3) is 0.634. The van der Waals surface area contributed by atoms with Gasteiger partial charge in [-0.25, -0.2) is 30.5 Å². The Bertz CT molecular complexity index is 1410. The van der Waals surface area contributed by atoms with Gasteiger partial charge in [0.2, 0.25) is 0 Å². The molecule has 59 heavy (non-hydrogen) atoms. The molecule has 18 heteroatoms. The molecular weight excluding hydrogens is 844 g/mol. The van der Waals surface area contributed by atoms with Gasteiger partial charge in [0.15, 0.2) is 57.4 Å². The summed E-state index contributed by atoms with van der Waals surface area (Å²) in [7, 11) is -12.2. The van der Waals surface area contributed by atoms with E-state index < -0.39 is 31.3 Å². The van der Waals surface area contributed by atoms with Crippen molar-refractivity contribution in [1.82, 2.24) is 0 Å². The Kier molecular flexibility index (Phi) is 37.9. The summed E-state index contributed by atoms with van der Waals surface area (Å²) in [5.41, 5.74) is -11.3. The van der Waals surface area contributed by atoms with Crippen LogP contribution in [-0.2, 0) is 39.9 Å². The Morgan fingerprint density at radius 1 is 0.373 bits per heavy atom. The Morgan fingerprint density at radius 3 is 0.712 bits per heavy atom. The SMILES string of the molecule is CCCCCCCC[n+]1ccccc1.CCCCCCCC[n+]1ccccc1.CCCCCCCC[n+]1ccccc1.O=S(=O)([O-])C(F)(F)F.O=S(=O)([O-])C(F)(F)F.[Cl-]. The molecule has 3 aromatic heterocycles. The highest BCUT2D eigenvalue weighted by Gasteiger charge is 2.37.